The van der Waals surface area contributed by atoms with Crippen LogP contribution < -0.4 is 5.32 Å². The minimum Gasteiger partial charge on any atom is -0.377 e. The number of likely N-dealkylation sites (N-methyl/N-ethyl adjacent to an activating group) is 1. The van der Waals surface area contributed by atoms with Gasteiger partial charge < -0.3 is 15.0 Å². The van der Waals surface area contributed by atoms with Gasteiger partial charge in [-0.1, -0.05) is 13.8 Å². The fourth-order valence-corrected chi connectivity index (χ4v) is 1.76. The average molecular weight is 244 g/mol. The molecule has 17 heavy (non-hydrogen) atoms. The first-order valence-electron chi connectivity index (χ1n) is 6.65. The number of rotatable bonds is 8. The van der Waals surface area contributed by atoms with Gasteiger partial charge in [-0.25, -0.2) is 0 Å². The molecule has 104 valence electrons. The van der Waals surface area contributed by atoms with Gasteiger partial charge in [-0.3, -0.25) is 0 Å². The lowest BCUT2D eigenvalue weighted by atomic mass is 9.98. The molecule has 0 saturated carbocycles. The summed E-state index contributed by atoms with van der Waals surface area (Å²) in [5, 5.41) is 3.59. The Balaban J connectivity index is 4.21. The van der Waals surface area contributed by atoms with Crippen molar-refractivity contribution >= 4 is 0 Å². The van der Waals surface area contributed by atoms with Crippen LogP contribution in [0.1, 0.15) is 41.0 Å². The third-order valence-electron chi connectivity index (χ3n) is 3.70. The van der Waals surface area contributed by atoms with Gasteiger partial charge in [-0.15, -0.1) is 0 Å². The van der Waals surface area contributed by atoms with Crippen molar-refractivity contribution in [2.75, 3.05) is 27.7 Å². The molecule has 0 amide bonds. The van der Waals surface area contributed by atoms with E-state index in [-0.39, 0.29) is 5.60 Å². The van der Waals surface area contributed by atoms with Gasteiger partial charge >= 0.3 is 0 Å². The molecule has 1 N–H and O–H groups in total. The molecule has 0 saturated heterocycles. The highest BCUT2D eigenvalue weighted by molar-refractivity contribution is 4.83. The summed E-state index contributed by atoms with van der Waals surface area (Å²) >= 11 is 0. The second-order valence-electron chi connectivity index (χ2n) is 6.18. The van der Waals surface area contributed by atoms with E-state index in [0.717, 1.165) is 12.5 Å². The van der Waals surface area contributed by atoms with Gasteiger partial charge in [0.15, 0.2) is 0 Å². The fraction of sp³-hybridized carbons (Fsp3) is 1.00. The molecule has 2 unspecified atom stereocenters. The summed E-state index contributed by atoms with van der Waals surface area (Å²) in [5.74, 6) is 0.731. The molecular formula is C14H32N2O. The Hall–Kier alpha value is -0.120. The minimum atomic E-state index is -0.116. The molecule has 0 fully saturated rings. The van der Waals surface area contributed by atoms with E-state index in [4.69, 9.17) is 4.74 Å². The summed E-state index contributed by atoms with van der Waals surface area (Å²) in [7, 11) is 6.08. The van der Waals surface area contributed by atoms with Crippen molar-refractivity contribution < 1.29 is 4.74 Å². The van der Waals surface area contributed by atoms with E-state index in [1.807, 2.05) is 0 Å². The van der Waals surface area contributed by atoms with Crippen molar-refractivity contribution in [3.05, 3.63) is 0 Å². The quantitative estimate of drug-likeness (QED) is 0.709. The zero-order valence-corrected chi connectivity index (χ0v) is 13.0. The van der Waals surface area contributed by atoms with Crippen molar-refractivity contribution in [3.63, 3.8) is 0 Å². The molecule has 0 spiro atoms. The molecule has 0 radical (unpaired) electrons. The highest BCUT2D eigenvalue weighted by Crippen LogP contribution is 2.14. The van der Waals surface area contributed by atoms with Crippen LogP contribution in [0.3, 0.4) is 0 Å². The van der Waals surface area contributed by atoms with E-state index in [9.17, 15) is 0 Å². The third-order valence-corrected chi connectivity index (χ3v) is 3.70. The summed E-state index contributed by atoms with van der Waals surface area (Å²) in [4.78, 5) is 2.31. The maximum absolute atomic E-state index is 5.50. The number of ether oxygens (including phenoxy) is 1. The van der Waals surface area contributed by atoms with Gasteiger partial charge in [-0.2, -0.15) is 0 Å². The monoisotopic (exact) mass is 244 g/mol. The molecule has 0 aromatic rings. The van der Waals surface area contributed by atoms with Crippen LogP contribution in [-0.4, -0.2) is 50.3 Å². The van der Waals surface area contributed by atoms with Gasteiger partial charge in [-0.05, 0) is 47.2 Å². The molecule has 0 aromatic heterocycles. The molecule has 0 aromatic carbocycles. The van der Waals surface area contributed by atoms with Crippen LogP contribution in [0.5, 0.6) is 0 Å². The Morgan fingerprint density at radius 1 is 1.18 bits per heavy atom. The second-order valence-corrected chi connectivity index (χ2v) is 6.18. The molecule has 0 bridgehead atoms. The SMILES string of the molecule is COC(C)(C)C(C)NCC(CC(C)C)N(C)C. The highest BCUT2D eigenvalue weighted by Gasteiger charge is 2.25. The predicted molar refractivity (Wildman–Crippen MR) is 75.5 cm³/mol. The lowest BCUT2D eigenvalue weighted by Gasteiger charge is -2.34. The second kappa shape index (κ2) is 7.34. The normalized spacial score (nSPS) is 16.6. The van der Waals surface area contributed by atoms with Crippen molar-refractivity contribution in [2.24, 2.45) is 5.92 Å². The Bertz CT molecular complexity index is 202. The molecule has 2 atom stereocenters. The Kier molecular flexibility index (Phi) is 7.29. The summed E-state index contributed by atoms with van der Waals surface area (Å²) in [6.45, 7) is 12.0. The van der Waals surface area contributed by atoms with Gasteiger partial charge in [0.05, 0.1) is 5.60 Å². The van der Waals surface area contributed by atoms with Crippen LogP contribution in [0.4, 0.5) is 0 Å². The Morgan fingerprint density at radius 3 is 2.06 bits per heavy atom. The van der Waals surface area contributed by atoms with Crippen LogP contribution in [-0.2, 0) is 4.74 Å². The lowest BCUT2D eigenvalue weighted by molar-refractivity contribution is -0.00653. The summed E-state index contributed by atoms with van der Waals surface area (Å²) in [6.07, 6.45) is 1.22. The predicted octanol–water partition coefficient (Wildman–Crippen LogP) is 2.37. The standard InChI is InChI=1S/C14H32N2O/c1-11(2)9-13(16(6)7)10-15-12(3)14(4,5)17-8/h11-13,15H,9-10H2,1-8H3. The fourth-order valence-electron chi connectivity index (χ4n) is 1.76. The maximum Gasteiger partial charge on any atom is 0.0772 e. The lowest BCUT2D eigenvalue weighted by Crippen LogP contribution is -2.50. The first-order valence-corrected chi connectivity index (χ1v) is 6.65. The number of nitrogens with one attached hydrogen (secondary N) is 1. The van der Waals surface area contributed by atoms with Crippen LogP contribution in [0.2, 0.25) is 0 Å². The zero-order chi connectivity index (χ0) is 13.6. The summed E-state index contributed by atoms with van der Waals surface area (Å²) in [5.41, 5.74) is -0.116. The zero-order valence-electron chi connectivity index (χ0n) is 13.0. The number of methoxy groups -OCH3 is 1. The van der Waals surface area contributed by atoms with Crippen molar-refractivity contribution in [1.82, 2.24) is 10.2 Å². The van der Waals surface area contributed by atoms with Crippen LogP contribution >= 0.6 is 0 Å². The number of hydrogen-bond donors (Lipinski definition) is 1. The van der Waals surface area contributed by atoms with Crippen molar-refractivity contribution in [1.29, 1.82) is 0 Å². The molecule has 0 aliphatic carbocycles. The van der Waals surface area contributed by atoms with E-state index < -0.39 is 0 Å². The van der Waals surface area contributed by atoms with Crippen molar-refractivity contribution in [3.8, 4) is 0 Å². The highest BCUT2D eigenvalue weighted by atomic mass is 16.5. The topological polar surface area (TPSA) is 24.5 Å². The average Bonchev–Trinajstić information content (AvgIpc) is 2.22. The number of nitrogens with zero attached hydrogens (tertiary/aromatic N) is 1. The van der Waals surface area contributed by atoms with Crippen LogP contribution in [0.15, 0.2) is 0 Å². The van der Waals surface area contributed by atoms with Gasteiger partial charge in [0.25, 0.3) is 0 Å². The van der Waals surface area contributed by atoms with E-state index in [0.29, 0.717) is 12.1 Å². The third kappa shape index (κ3) is 6.39. The Morgan fingerprint density at radius 2 is 1.71 bits per heavy atom. The van der Waals surface area contributed by atoms with Gasteiger partial charge in [0, 0.05) is 25.7 Å². The number of hydrogen-bond acceptors (Lipinski definition) is 3. The van der Waals surface area contributed by atoms with E-state index in [1.54, 1.807) is 7.11 Å². The summed E-state index contributed by atoms with van der Waals surface area (Å²) in [6, 6.07) is 0.937. The smallest absolute Gasteiger partial charge is 0.0772 e. The molecule has 3 heteroatoms. The molecular weight excluding hydrogens is 212 g/mol. The first-order chi connectivity index (χ1) is 7.70. The molecule has 0 aliphatic rings. The van der Waals surface area contributed by atoms with Gasteiger partial charge in [0.2, 0.25) is 0 Å². The molecule has 0 rings (SSSR count). The van der Waals surface area contributed by atoms with E-state index in [1.165, 1.54) is 6.42 Å². The molecule has 3 nitrogen and oxygen atoms in total. The van der Waals surface area contributed by atoms with Crippen LogP contribution in [0, 0.1) is 5.92 Å². The first kappa shape index (κ1) is 16.9. The van der Waals surface area contributed by atoms with Crippen LogP contribution in [0.25, 0.3) is 0 Å². The van der Waals surface area contributed by atoms with Crippen molar-refractivity contribution in [2.45, 2.75) is 58.7 Å². The van der Waals surface area contributed by atoms with E-state index >= 15 is 0 Å². The minimum absolute atomic E-state index is 0.116. The maximum atomic E-state index is 5.50. The van der Waals surface area contributed by atoms with Gasteiger partial charge in [0.1, 0.15) is 0 Å². The molecule has 0 heterocycles. The molecule has 0 aliphatic heterocycles. The largest absolute Gasteiger partial charge is 0.377 e. The summed E-state index contributed by atoms with van der Waals surface area (Å²) < 4.78 is 5.50. The van der Waals surface area contributed by atoms with E-state index in [2.05, 4.69) is 58.9 Å². The Labute approximate surface area is 108 Å².